The van der Waals surface area contributed by atoms with Crippen molar-refractivity contribution in [2.75, 3.05) is 18.4 Å². The lowest BCUT2D eigenvalue weighted by Gasteiger charge is -2.28. The van der Waals surface area contributed by atoms with Crippen LogP contribution in [-0.4, -0.2) is 39.8 Å². The molecule has 0 saturated heterocycles. The van der Waals surface area contributed by atoms with Gasteiger partial charge >= 0.3 is 0 Å². The number of anilines is 1. The molecule has 0 unspecified atom stereocenters. The Morgan fingerprint density at radius 1 is 1.36 bits per heavy atom. The van der Waals surface area contributed by atoms with Gasteiger partial charge in [0.15, 0.2) is 0 Å². The number of pyridine rings is 1. The zero-order chi connectivity index (χ0) is 19.3. The average Bonchev–Trinajstić information content (AvgIpc) is 3.64. The maximum atomic E-state index is 12.6. The highest BCUT2D eigenvalue weighted by Gasteiger charge is 2.52. The lowest BCUT2D eigenvalue weighted by Crippen LogP contribution is -2.39. The lowest BCUT2D eigenvalue weighted by atomic mass is 9.96. The van der Waals surface area contributed by atoms with E-state index in [9.17, 15) is 14.9 Å². The van der Waals surface area contributed by atoms with Crippen LogP contribution < -0.4 is 5.32 Å². The molecule has 2 fully saturated rings. The van der Waals surface area contributed by atoms with Crippen LogP contribution in [0.4, 0.5) is 5.82 Å². The second-order valence-electron chi connectivity index (χ2n) is 7.98. The predicted molar refractivity (Wildman–Crippen MR) is 104 cm³/mol. The van der Waals surface area contributed by atoms with Crippen molar-refractivity contribution in [3.63, 3.8) is 0 Å². The summed E-state index contributed by atoms with van der Waals surface area (Å²) in [5.41, 5.74) is 2.14. The first-order valence-corrected chi connectivity index (χ1v) is 9.79. The number of aromatic amines is 1. The van der Waals surface area contributed by atoms with Crippen LogP contribution in [-0.2, 0) is 9.59 Å². The predicted octanol–water partition coefficient (Wildman–Crippen LogP) is 2.83. The fourth-order valence-corrected chi connectivity index (χ4v) is 3.84. The van der Waals surface area contributed by atoms with Crippen molar-refractivity contribution >= 4 is 34.2 Å². The van der Waals surface area contributed by atoms with E-state index in [1.807, 2.05) is 18.3 Å². The fourth-order valence-electron chi connectivity index (χ4n) is 3.84. The molecule has 7 heteroatoms. The van der Waals surface area contributed by atoms with Crippen molar-refractivity contribution in [1.82, 2.24) is 14.9 Å². The Bertz CT molecular complexity index is 1050. The van der Waals surface area contributed by atoms with Crippen molar-refractivity contribution < 1.29 is 9.59 Å². The van der Waals surface area contributed by atoms with E-state index in [1.54, 1.807) is 4.90 Å². The summed E-state index contributed by atoms with van der Waals surface area (Å²) in [5, 5.41) is 13.2. The van der Waals surface area contributed by atoms with Crippen molar-refractivity contribution in [1.29, 1.82) is 5.26 Å². The molecule has 5 rings (SSSR count). The molecule has 2 amide bonds. The number of aromatic nitrogens is 2. The van der Waals surface area contributed by atoms with Crippen LogP contribution in [0, 0.1) is 22.7 Å². The van der Waals surface area contributed by atoms with Crippen LogP contribution >= 0.6 is 0 Å². The van der Waals surface area contributed by atoms with Gasteiger partial charge < -0.3 is 15.2 Å². The number of hydrogen-bond donors (Lipinski definition) is 2. The number of fused-ring (bicyclic) bond motifs is 1. The monoisotopic (exact) mass is 375 g/mol. The number of rotatable bonds is 4. The Morgan fingerprint density at radius 3 is 2.82 bits per heavy atom. The molecule has 0 aromatic carbocycles. The molecule has 2 N–H and O–H groups in total. The van der Waals surface area contributed by atoms with Crippen LogP contribution in [0.15, 0.2) is 24.4 Å². The zero-order valence-corrected chi connectivity index (χ0v) is 15.5. The van der Waals surface area contributed by atoms with Gasteiger partial charge in [-0.15, -0.1) is 0 Å². The summed E-state index contributed by atoms with van der Waals surface area (Å²) in [4.78, 5) is 34.2. The highest BCUT2D eigenvalue weighted by atomic mass is 16.2. The second kappa shape index (κ2) is 6.20. The minimum Gasteiger partial charge on any atom is -0.346 e. The molecule has 1 aliphatic heterocycles. The van der Waals surface area contributed by atoms with Crippen LogP contribution in [0.3, 0.4) is 0 Å². The summed E-state index contributed by atoms with van der Waals surface area (Å²) in [6, 6.07) is 6.10. The summed E-state index contributed by atoms with van der Waals surface area (Å²) in [7, 11) is 0. The second-order valence-corrected chi connectivity index (χ2v) is 7.98. The number of nitrogens with zero attached hydrogens (tertiary/aromatic N) is 3. The summed E-state index contributed by atoms with van der Waals surface area (Å²) >= 11 is 0. The standard InChI is InChI=1S/C21H21N5O2/c22-12-21(6-7-21)20(28)26-9-4-13(5-10-26)16-11-17(25-19(27)14-1-2-14)24-18-15(16)3-8-23-18/h3-4,8,11,14H,1-2,5-7,9-10H2,(H2,23,24,25,27). The summed E-state index contributed by atoms with van der Waals surface area (Å²) < 4.78 is 0. The minimum absolute atomic E-state index is 0.0324. The Morgan fingerprint density at radius 2 is 2.18 bits per heavy atom. The van der Waals surface area contributed by atoms with Gasteiger partial charge in [-0.25, -0.2) is 4.98 Å². The minimum atomic E-state index is -0.768. The number of amides is 2. The van der Waals surface area contributed by atoms with E-state index >= 15 is 0 Å². The van der Waals surface area contributed by atoms with E-state index < -0.39 is 5.41 Å². The van der Waals surface area contributed by atoms with Gasteiger partial charge in [-0.1, -0.05) is 6.08 Å². The van der Waals surface area contributed by atoms with E-state index in [-0.39, 0.29) is 17.7 Å². The van der Waals surface area contributed by atoms with Crippen molar-refractivity contribution in [3.8, 4) is 6.07 Å². The van der Waals surface area contributed by atoms with E-state index in [0.29, 0.717) is 38.2 Å². The maximum absolute atomic E-state index is 12.6. The number of hydrogen-bond acceptors (Lipinski definition) is 4. The molecule has 0 radical (unpaired) electrons. The van der Waals surface area contributed by atoms with Gasteiger partial charge in [-0.05, 0) is 55.4 Å². The van der Waals surface area contributed by atoms with Gasteiger partial charge in [0.25, 0.3) is 0 Å². The highest BCUT2D eigenvalue weighted by Crippen LogP contribution is 2.47. The Labute approximate surface area is 162 Å². The smallest absolute Gasteiger partial charge is 0.243 e. The molecule has 142 valence electrons. The summed E-state index contributed by atoms with van der Waals surface area (Å²) in [6.45, 7) is 1.11. The van der Waals surface area contributed by atoms with Crippen LogP contribution in [0.2, 0.25) is 0 Å². The molecule has 3 heterocycles. The molecule has 28 heavy (non-hydrogen) atoms. The van der Waals surface area contributed by atoms with Crippen molar-refractivity contribution in [3.05, 3.63) is 30.0 Å². The summed E-state index contributed by atoms with van der Waals surface area (Å²) in [6.07, 6.45) is 7.86. The topological polar surface area (TPSA) is 102 Å². The lowest BCUT2D eigenvalue weighted by molar-refractivity contribution is -0.134. The first-order chi connectivity index (χ1) is 13.6. The van der Waals surface area contributed by atoms with Gasteiger partial charge in [0, 0.05) is 30.6 Å². The highest BCUT2D eigenvalue weighted by molar-refractivity contribution is 5.97. The van der Waals surface area contributed by atoms with Crippen molar-refractivity contribution in [2.45, 2.75) is 32.1 Å². The molecule has 2 aromatic rings. The van der Waals surface area contributed by atoms with E-state index in [2.05, 4.69) is 27.4 Å². The van der Waals surface area contributed by atoms with Crippen molar-refractivity contribution in [2.24, 2.45) is 11.3 Å². The maximum Gasteiger partial charge on any atom is 0.243 e. The third-order valence-electron chi connectivity index (χ3n) is 5.94. The van der Waals surface area contributed by atoms with Gasteiger partial charge in [-0.3, -0.25) is 9.59 Å². The number of nitrogens with one attached hydrogen (secondary N) is 2. The quantitative estimate of drug-likeness (QED) is 0.858. The van der Waals surface area contributed by atoms with E-state index in [0.717, 1.165) is 35.0 Å². The molecular formula is C21H21N5O2. The van der Waals surface area contributed by atoms with E-state index in [1.165, 1.54) is 0 Å². The largest absolute Gasteiger partial charge is 0.346 e. The Balaban J connectivity index is 1.41. The molecule has 0 spiro atoms. The first-order valence-electron chi connectivity index (χ1n) is 9.79. The number of H-pyrrole nitrogens is 1. The molecule has 3 aliphatic rings. The van der Waals surface area contributed by atoms with Gasteiger partial charge in [0.1, 0.15) is 16.9 Å². The molecule has 7 nitrogen and oxygen atoms in total. The number of nitriles is 1. The normalized spacial score (nSPS) is 20.4. The molecule has 2 aliphatic carbocycles. The average molecular weight is 375 g/mol. The Hall–Kier alpha value is -3.14. The van der Waals surface area contributed by atoms with Gasteiger partial charge in [0.05, 0.1) is 6.07 Å². The SMILES string of the molecule is N#CC1(C(=O)N2CC=C(c3cc(NC(=O)C4CC4)nc4[nH]ccc34)CC2)CC1. The third-order valence-corrected chi connectivity index (χ3v) is 5.94. The van der Waals surface area contributed by atoms with Crippen LogP contribution in [0.5, 0.6) is 0 Å². The van der Waals surface area contributed by atoms with Crippen LogP contribution in [0.1, 0.15) is 37.7 Å². The van der Waals surface area contributed by atoms with Gasteiger partial charge in [0.2, 0.25) is 11.8 Å². The summed E-state index contributed by atoms with van der Waals surface area (Å²) in [5.74, 6) is 0.671. The third kappa shape index (κ3) is 2.85. The number of carbonyl (C=O) groups excluding carboxylic acids is 2. The Kier molecular flexibility index (Phi) is 3.76. The van der Waals surface area contributed by atoms with E-state index in [4.69, 9.17) is 0 Å². The first kappa shape index (κ1) is 17.0. The molecule has 0 bridgehead atoms. The molecule has 0 atom stereocenters. The zero-order valence-electron chi connectivity index (χ0n) is 15.5. The molecule has 2 aromatic heterocycles. The number of carbonyl (C=O) groups is 2. The molecule has 2 saturated carbocycles. The van der Waals surface area contributed by atoms with Gasteiger partial charge in [-0.2, -0.15) is 5.26 Å². The fraction of sp³-hybridized carbons (Fsp3) is 0.429. The van der Waals surface area contributed by atoms with Crippen LogP contribution in [0.25, 0.3) is 16.6 Å². The molecular weight excluding hydrogens is 354 g/mol.